The van der Waals surface area contributed by atoms with Crippen LogP contribution in [0.1, 0.15) is 31.7 Å². The minimum atomic E-state index is -1.45. The molecule has 0 N–H and O–H groups in total. The van der Waals surface area contributed by atoms with Crippen molar-refractivity contribution < 1.29 is 22.7 Å². The van der Waals surface area contributed by atoms with E-state index in [9.17, 15) is 18.0 Å². The van der Waals surface area contributed by atoms with E-state index in [1.165, 1.54) is 6.07 Å². The fourth-order valence-electron chi connectivity index (χ4n) is 1.58. The van der Waals surface area contributed by atoms with Crippen molar-refractivity contribution >= 4 is 5.97 Å². The van der Waals surface area contributed by atoms with Crippen molar-refractivity contribution in [2.75, 3.05) is 6.61 Å². The van der Waals surface area contributed by atoms with Crippen LogP contribution in [-0.4, -0.2) is 12.6 Å². The van der Waals surface area contributed by atoms with E-state index in [1.807, 2.05) is 0 Å². The Hall–Kier alpha value is -1.52. The van der Waals surface area contributed by atoms with Gasteiger partial charge < -0.3 is 4.74 Å². The van der Waals surface area contributed by atoms with Crippen LogP contribution in [0.25, 0.3) is 0 Å². The summed E-state index contributed by atoms with van der Waals surface area (Å²) in [5.41, 5.74) is 0.123. The van der Waals surface area contributed by atoms with E-state index in [4.69, 9.17) is 4.74 Å². The number of esters is 1. The van der Waals surface area contributed by atoms with E-state index < -0.39 is 17.5 Å². The summed E-state index contributed by atoms with van der Waals surface area (Å²) in [7, 11) is 0. The molecule has 0 aromatic heterocycles. The molecule has 1 rings (SSSR count). The van der Waals surface area contributed by atoms with Crippen LogP contribution in [-0.2, 0) is 16.0 Å². The van der Waals surface area contributed by atoms with Gasteiger partial charge in [-0.3, -0.25) is 4.79 Å². The van der Waals surface area contributed by atoms with Gasteiger partial charge in [0.15, 0.2) is 17.5 Å². The number of hydrogen-bond acceptors (Lipinski definition) is 2. The highest BCUT2D eigenvalue weighted by molar-refractivity contribution is 5.69. The molecule has 2 nitrogen and oxygen atoms in total. The van der Waals surface area contributed by atoms with E-state index in [2.05, 4.69) is 0 Å². The molecule has 0 spiro atoms. The molecule has 0 unspecified atom stereocenters. The van der Waals surface area contributed by atoms with E-state index in [1.54, 1.807) is 6.92 Å². The third-order valence-electron chi connectivity index (χ3n) is 2.50. The van der Waals surface area contributed by atoms with Gasteiger partial charge in [-0.05, 0) is 37.8 Å². The van der Waals surface area contributed by atoms with Gasteiger partial charge in [0.2, 0.25) is 0 Å². The lowest BCUT2D eigenvalue weighted by molar-refractivity contribution is -0.143. The van der Waals surface area contributed by atoms with Gasteiger partial charge in [0.1, 0.15) is 0 Å². The Labute approximate surface area is 104 Å². The van der Waals surface area contributed by atoms with Gasteiger partial charge in [-0.25, -0.2) is 13.2 Å². The number of carbonyl (C=O) groups is 1. The molecule has 0 amide bonds. The first-order valence-corrected chi connectivity index (χ1v) is 5.84. The molecular weight excluding hydrogens is 245 g/mol. The number of ether oxygens (including phenoxy) is 1. The highest BCUT2D eigenvalue weighted by Gasteiger charge is 2.12. The number of aryl methyl sites for hydroxylation is 1. The van der Waals surface area contributed by atoms with Gasteiger partial charge in [0.25, 0.3) is 0 Å². The average molecular weight is 260 g/mol. The predicted octanol–water partition coefficient (Wildman–Crippen LogP) is 3.38. The molecule has 0 aliphatic heterocycles. The number of rotatable bonds is 6. The molecule has 0 fully saturated rings. The number of halogens is 3. The quantitative estimate of drug-likeness (QED) is 0.445. The third-order valence-corrected chi connectivity index (χ3v) is 2.50. The normalized spacial score (nSPS) is 10.4. The van der Waals surface area contributed by atoms with E-state index in [-0.39, 0.29) is 24.4 Å². The van der Waals surface area contributed by atoms with E-state index in [0.717, 1.165) is 6.07 Å². The van der Waals surface area contributed by atoms with Crippen LogP contribution < -0.4 is 0 Å². The number of unbranched alkanes of at least 4 members (excludes halogenated alkanes) is 1. The molecule has 0 saturated heterocycles. The van der Waals surface area contributed by atoms with Crippen LogP contribution in [0.15, 0.2) is 12.1 Å². The van der Waals surface area contributed by atoms with Gasteiger partial charge in [-0.1, -0.05) is 6.07 Å². The zero-order valence-corrected chi connectivity index (χ0v) is 10.1. The first kappa shape index (κ1) is 14.5. The van der Waals surface area contributed by atoms with Crippen LogP contribution in [0.2, 0.25) is 0 Å². The first-order chi connectivity index (χ1) is 8.56. The Balaban J connectivity index is 2.40. The van der Waals surface area contributed by atoms with Crippen molar-refractivity contribution in [1.82, 2.24) is 0 Å². The third kappa shape index (κ3) is 4.05. The standard InChI is InChI=1S/C13H15F3O2/c1-2-18-11(17)6-4-3-5-9-7-8-10(14)13(16)12(9)15/h7-8H,2-6H2,1H3. The Morgan fingerprint density at radius 3 is 2.56 bits per heavy atom. The molecule has 1 aromatic rings. The number of benzene rings is 1. The smallest absolute Gasteiger partial charge is 0.305 e. The van der Waals surface area contributed by atoms with Gasteiger partial charge in [0, 0.05) is 6.42 Å². The zero-order valence-electron chi connectivity index (χ0n) is 10.1. The second-order valence-electron chi connectivity index (χ2n) is 3.85. The van der Waals surface area contributed by atoms with Crippen LogP contribution in [0.3, 0.4) is 0 Å². The molecular formula is C13H15F3O2. The lowest BCUT2D eigenvalue weighted by Crippen LogP contribution is -2.04. The minimum Gasteiger partial charge on any atom is -0.466 e. The Kier molecular flexibility index (Phi) is 5.68. The van der Waals surface area contributed by atoms with Crippen molar-refractivity contribution in [1.29, 1.82) is 0 Å². The number of hydrogen-bond donors (Lipinski definition) is 0. The van der Waals surface area contributed by atoms with Gasteiger partial charge in [0.05, 0.1) is 6.61 Å². The van der Waals surface area contributed by atoms with Gasteiger partial charge in [-0.15, -0.1) is 0 Å². The molecule has 0 atom stereocenters. The van der Waals surface area contributed by atoms with E-state index in [0.29, 0.717) is 19.4 Å². The summed E-state index contributed by atoms with van der Waals surface area (Å²) in [6, 6.07) is 2.12. The molecule has 18 heavy (non-hydrogen) atoms. The fourth-order valence-corrected chi connectivity index (χ4v) is 1.58. The van der Waals surface area contributed by atoms with Crippen LogP contribution in [0.4, 0.5) is 13.2 Å². The van der Waals surface area contributed by atoms with Crippen LogP contribution >= 0.6 is 0 Å². The molecule has 0 bridgehead atoms. The first-order valence-electron chi connectivity index (χ1n) is 5.84. The lowest BCUT2D eigenvalue weighted by atomic mass is 10.1. The summed E-state index contributed by atoms with van der Waals surface area (Å²) in [5.74, 6) is -4.09. The highest BCUT2D eigenvalue weighted by atomic mass is 19.2. The summed E-state index contributed by atoms with van der Waals surface area (Å²) in [5, 5.41) is 0. The second kappa shape index (κ2) is 7.03. The molecule has 0 heterocycles. The topological polar surface area (TPSA) is 26.3 Å². The van der Waals surface area contributed by atoms with Crippen molar-refractivity contribution in [3.8, 4) is 0 Å². The summed E-state index contributed by atoms with van der Waals surface area (Å²) in [6.45, 7) is 2.05. The maximum atomic E-state index is 13.3. The summed E-state index contributed by atoms with van der Waals surface area (Å²) < 4.78 is 43.6. The molecule has 0 saturated carbocycles. The lowest BCUT2D eigenvalue weighted by Gasteiger charge is -2.05. The second-order valence-corrected chi connectivity index (χ2v) is 3.85. The monoisotopic (exact) mass is 260 g/mol. The van der Waals surface area contributed by atoms with Crippen molar-refractivity contribution in [2.24, 2.45) is 0 Å². The summed E-state index contributed by atoms with van der Waals surface area (Å²) >= 11 is 0. The Morgan fingerprint density at radius 2 is 1.89 bits per heavy atom. The van der Waals surface area contributed by atoms with Gasteiger partial charge in [-0.2, -0.15) is 0 Å². The van der Waals surface area contributed by atoms with Crippen LogP contribution in [0.5, 0.6) is 0 Å². The highest BCUT2D eigenvalue weighted by Crippen LogP contribution is 2.17. The predicted molar refractivity (Wildman–Crippen MR) is 60.5 cm³/mol. The molecule has 0 aliphatic rings. The summed E-state index contributed by atoms with van der Waals surface area (Å²) in [6.07, 6.45) is 1.56. The Bertz CT molecular complexity index is 419. The molecule has 5 heteroatoms. The van der Waals surface area contributed by atoms with Gasteiger partial charge >= 0.3 is 5.97 Å². The van der Waals surface area contributed by atoms with Crippen molar-refractivity contribution in [2.45, 2.75) is 32.6 Å². The van der Waals surface area contributed by atoms with E-state index >= 15 is 0 Å². The maximum Gasteiger partial charge on any atom is 0.305 e. The molecule has 100 valence electrons. The largest absolute Gasteiger partial charge is 0.466 e. The number of carbonyl (C=O) groups excluding carboxylic acids is 1. The molecule has 0 aliphatic carbocycles. The average Bonchev–Trinajstić information content (AvgIpc) is 2.34. The molecule has 1 aromatic carbocycles. The maximum absolute atomic E-state index is 13.3. The zero-order chi connectivity index (χ0) is 13.5. The minimum absolute atomic E-state index is 0.123. The summed E-state index contributed by atoms with van der Waals surface area (Å²) in [4.78, 5) is 11.0. The van der Waals surface area contributed by atoms with Crippen molar-refractivity contribution in [3.63, 3.8) is 0 Å². The fraction of sp³-hybridized carbons (Fsp3) is 0.462. The Morgan fingerprint density at radius 1 is 1.17 bits per heavy atom. The van der Waals surface area contributed by atoms with Crippen molar-refractivity contribution in [3.05, 3.63) is 35.1 Å². The van der Waals surface area contributed by atoms with Crippen LogP contribution in [0, 0.1) is 17.5 Å². The molecule has 0 radical (unpaired) electrons. The SMILES string of the molecule is CCOC(=O)CCCCc1ccc(F)c(F)c1F.